The predicted octanol–water partition coefficient (Wildman–Crippen LogP) is -3.83. The average molecular weight is 362 g/mol. The number of β-lactam (4-membered cyclic amide) rings is 1. The number of carboxylic acids is 1. The molecule has 1 fully saturated rings. The Morgan fingerprint density at radius 3 is 2.65 bits per heavy atom. The minimum atomic E-state index is -1.40. The molecule has 1 amide bonds. The van der Waals surface area contributed by atoms with Gasteiger partial charge in [0.1, 0.15) is 5.82 Å². The van der Waals surface area contributed by atoms with Crippen molar-refractivity contribution >= 4 is 23.6 Å². The maximum absolute atomic E-state index is 12.2. The molecule has 2 N–H and O–H groups in total. The Labute approximate surface area is 179 Å². The van der Waals surface area contributed by atoms with Crippen LogP contribution in [0.4, 0.5) is 0 Å². The first-order chi connectivity index (χ1) is 10.2. The van der Waals surface area contributed by atoms with E-state index in [2.05, 4.69) is 15.2 Å². The van der Waals surface area contributed by atoms with E-state index in [0.717, 1.165) is 11.8 Å². The van der Waals surface area contributed by atoms with Crippen molar-refractivity contribution in [2.75, 3.05) is 0 Å². The van der Waals surface area contributed by atoms with Gasteiger partial charge in [-0.15, -0.1) is 5.10 Å². The van der Waals surface area contributed by atoms with Crippen LogP contribution in [0, 0.1) is 12.8 Å². The summed E-state index contributed by atoms with van der Waals surface area (Å²) in [6, 6.07) is -0.358. The van der Waals surface area contributed by atoms with Crippen LogP contribution in [0.1, 0.15) is 26.1 Å². The van der Waals surface area contributed by atoms with E-state index in [9.17, 15) is 19.8 Å². The molecule has 2 aliphatic rings. The number of aliphatic hydroxyl groups is 1. The summed E-state index contributed by atoms with van der Waals surface area (Å²) in [5.74, 6) is -1.79. The second-order valence-electron chi connectivity index (χ2n) is 5.98. The fourth-order valence-corrected chi connectivity index (χ4v) is 4.03. The molecule has 2 aliphatic heterocycles. The number of amides is 1. The largest absolute Gasteiger partial charge is 1.00 e. The molecule has 3 rings (SSSR count). The number of nitrogens with zero attached hydrogens (tertiary/aromatic N) is 3. The van der Waals surface area contributed by atoms with Crippen LogP contribution in [0.5, 0.6) is 0 Å². The monoisotopic (exact) mass is 362 g/mol. The number of aryl methyl sites for hydroxylation is 1. The number of hydrogen-bond acceptors (Lipinski definition) is 7. The number of hydrogen-bond donors (Lipinski definition) is 2. The Hall–Kier alpha value is -0.234. The number of H-pyrrole nitrogens is 1. The first kappa shape index (κ1) is 19.1. The zero-order valence-corrected chi connectivity index (χ0v) is 17.2. The Morgan fingerprint density at radius 1 is 1.52 bits per heavy atom. The zero-order valence-electron chi connectivity index (χ0n) is 13.3. The van der Waals surface area contributed by atoms with Crippen molar-refractivity contribution in [3.8, 4) is 0 Å². The number of aliphatic carboxylic acids is 1. The van der Waals surface area contributed by atoms with Gasteiger partial charge in [0.15, 0.2) is 0 Å². The van der Waals surface area contributed by atoms with Crippen LogP contribution in [-0.4, -0.2) is 48.7 Å². The van der Waals surface area contributed by atoms with Crippen molar-refractivity contribution in [3.05, 3.63) is 16.4 Å². The minimum Gasteiger partial charge on any atom is -0.543 e. The second-order valence-corrected chi connectivity index (χ2v) is 7.04. The van der Waals surface area contributed by atoms with Gasteiger partial charge in [0.2, 0.25) is 11.1 Å². The van der Waals surface area contributed by atoms with Crippen molar-refractivity contribution in [1.29, 1.82) is 0 Å². The molecule has 0 saturated carbocycles. The minimum absolute atomic E-state index is 0. The fourth-order valence-electron chi connectivity index (χ4n) is 3.00. The summed E-state index contributed by atoms with van der Waals surface area (Å²) < 4.78 is 0. The summed E-state index contributed by atoms with van der Waals surface area (Å²) >= 11 is 1.10. The Morgan fingerprint density at radius 2 is 2.17 bits per heavy atom. The van der Waals surface area contributed by atoms with Gasteiger partial charge in [-0.1, -0.05) is 11.8 Å². The molecular formula is C13H15KN4O4S. The van der Waals surface area contributed by atoms with Crippen LogP contribution in [0.3, 0.4) is 0 Å². The van der Waals surface area contributed by atoms with E-state index in [1.807, 2.05) is 0 Å². The van der Waals surface area contributed by atoms with E-state index >= 15 is 0 Å². The summed E-state index contributed by atoms with van der Waals surface area (Å²) in [5, 5.41) is 28.5. The van der Waals surface area contributed by atoms with Gasteiger partial charge >= 0.3 is 51.4 Å². The number of carboxylic acid groups (broad SMARTS) is 1. The van der Waals surface area contributed by atoms with Gasteiger partial charge in [-0.3, -0.25) is 9.89 Å². The molecule has 0 radical (unpaired) electrons. The smallest absolute Gasteiger partial charge is 0.543 e. The molecule has 0 bridgehead atoms. The van der Waals surface area contributed by atoms with E-state index < -0.39 is 23.4 Å². The number of carbonyl (C=O) groups excluding carboxylic acids is 2. The Bertz CT molecular complexity index is 696. The molecule has 0 aromatic carbocycles. The van der Waals surface area contributed by atoms with E-state index in [4.69, 9.17) is 0 Å². The summed E-state index contributed by atoms with van der Waals surface area (Å²) in [5.41, 5.74) is -1.33. The van der Waals surface area contributed by atoms with Crippen molar-refractivity contribution in [2.24, 2.45) is 5.92 Å². The molecule has 8 nitrogen and oxygen atoms in total. The SMILES string of the molecule is Cc1nc(SC2=C(C(=O)[O-])N3C(=O)[C@@H](C(C)(C)O)[C@H]3C2)n[nH]1.[K+]. The summed E-state index contributed by atoms with van der Waals surface area (Å²) in [6.45, 7) is 4.84. The summed E-state index contributed by atoms with van der Waals surface area (Å²) in [6.07, 6.45) is 0.349. The topological polar surface area (TPSA) is 122 Å². The van der Waals surface area contributed by atoms with Gasteiger partial charge in [-0.2, -0.15) is 0 Å². The van der Waals surface area contributed by atoms with Crippen LogP contribution in [0.25, 0.3) is 0 Å². The van der Waals surface area contributed by atoms with Crippen LogP contribution in [0.15, 0.2) is 15.8 Å². The number of thioether (sulfide) groups is 1. The maximum Gasteiger partial charge on any atom is 1.00 e. The molecule has 0 spiro atoms. The number of rotatable bonds is 4. The number of fused-ring (bicyclic) bond motifs is 1. The normalized spacial score (nSPS) is 23.5. The number of aromatic nitrogens is 3. The van der Waals surface area contributed by atoms with Crippen molar-refractivity contribution in [1.82, 2.24) is 20.1 Å². The van der Waals surface area contributed by atoms with Gasteiger partial charge in [-0.05, 0) is 20.8 Å². The number of carbonyl (C=O) groups is 2. The van der Waals surface area contributed by atoms with Gasteiger partial charge in [-0.25, -0.2) is 4.98 Å². The van der Waals surface area contributed by atoms with E-state index in [1.165, 1.54) is 4.90 Å². The van der Waals surface area contributed by atoms with Crippen LogP contribution in [-0.2, 0) is 9.59 Å². The van der Waals surface area contributed by atoms with Crippen LogP contribution < -0.4 is 56.5 Å². The van der Waals surface area contributed by atoms with Gasteiger partial charge in [0, 0.05) is 11.3 Å². The molecule has 118 valence electrons. The third-order valence-corrected chi connectivity index (χ3v) is 4.84. The standard InChI is InChI=1S/C13H16N4O4S.K/c1-5-14-12(16-15-5)22-7-4-6-8(13(2,3)21)10(18)17(6)9(7)11(19)20;/h6,8,21H,4H2,1-3H3,(H,19,20)(H,14,15,16);/q;+1/p-1/t6-,8+;/m1./s1. The van der Waals surface area contributed by atoms with Crippen LogP contribution in [0.2, 0.25) is 0 Å². The molecule has 1 aromatic rings. The number of aromatic amines is 1. The predicted molar refractivity (Wildman–Crippen MR) is 74.0 cm³/mol. The molecule has 1 aromatic heterocycles. The molecule has 2 atom stereocenters. The number of nitrogens with one attached hydrogen (secondary N) is 1. The first-order valence-electron chi connectivity index (χ1n) is 6.77. The van der Waals surface area contributed by atoms with Crippen LogP contribution >= 0.6 is 11.8 Å². The molecule has 0 aliphatic carbocycles. The van der Waals surface area contributed by atoms with E-state index in [1.54, 1.807) is 20.8 Å². The third kappa shape index (κ3) is 3.30. The first-order valence-corrected chi connectivity index (χ1v) is 7.58. The Balaban J connectivity index is 0.00000192. The molecular weight excluding hydrogens is 347 g/mol. The van der Waals surface area contributed by atoms with Gasteiger partial charge in [0.05, 0.1) is 29.2 Å². The molecule has 0 unspecified atom stereocenters. The molecule has 1 saturated heterocycles. The molecule has 10 heteroatoms. The molecule has 23 heavy (non-hydrogen) atoms. The Kier molecular flexibility index (Phi) is 5.46. The van der Waals surface area contributed by atoms with Crippen molar-refractivity contribution < 1.29 is 71.2 Å². The van der Waals surface area contributed by atoms with Gasteiger partial charge in [0.25, 0.3) is 0 Å². The zero-order chi connectivity index (χ0) is 16.2. The van der Waals surface area contributed by atoms with Crippen molar-refractivity contribution in [2.45, 2.75) is 44.0 Å². The van der Waals surface area contributed by atoms with E-state index in [-0.39, 0.29) is 63.1 Å². The van der Waals surface area contributed by atoms with Gasteiger partial charge < -0.3 is 19.9 Å². The van der Waals surface area contributed by atoms with Crippen molar-refractivity contribution in [3.63, 3.8) is 0 Å². The summed E-state index contributed by atoms with van der Waals surface area (Å²) in [4.78, 5) is 29.4. The summed E-state index contributed by atoms with van der Waals surface area (Å²) in [7, 11) is 0. The maximum atomic E-state index is 12.2. The third-order valence-electron chi connectivity index (χ3n) is 3.87. The quantitative estimate of drug-likeness (QED) is 0.416. The molecule has 3 heterocycles. The van der Waals surface area contributed by atoms with E-state index in [0.29, 0.717) is 22.3 Å². The fraction of sp³-hybridized carbons (Fsp3) is 0.538. The average Bonchev–Trinajstić information content (AvgIpc) is 2.90. The second kappa shape index (κ2) is 6.58.